The summed E-state index contributed by atoms with van der Waals surface area (Å²) < 4.78 is 1.59. The summed E-state index contributed by atoms with van der Waals surface area (Å²) in [5.41, 5.74) is 6.40. The average molecular weight is 254 g/mol. The molecule has 102 valence electrons. The topological polar surface area (TPSA) is 84.4 Å². The largest absolute Gasteiger partial charge is 0.395 e. The highest BCUT2D eigenvalue weighted by Gasteiger charge is 2.25. The molecule has 0 fully saturated rings. The summed E-state index contributed by atoms with van der Waals surface area (Å²) in [4.78, 5) is 13.8. The van der Waals surface area contributed by atoms with Gasteiger partial charge in [0.2, 0.25) is 0 Å². The SMILES string of the molecule is CCn1nc(C)c(N)c1C(=O)N(C)CC(C)(C)O. The molecule has 0 unspecified atom stereocenters. The van der Waals surface area contributed by atoms with Crippen LogP contribution in [0.15, 0.2) is 0 Å². The summed E-state index contributed by atoms with van der Waals surface area (Å²) in [6, 6.07) is 0. The molecule has 1 heterocycles. The predicted octanol–water partition coefficient (Wildman–Crippen LogP) is 0.637. The van der Waals surface area contributed by atoms with E-state index in [4.69, 9.17) is 5.73 Å². The molecule has 0 radical (unpaired) electrons. The van der Waals surface area contributed by atoms with E-state index in [0.717, 1.165) is 0 Å². The molecule has 0 aliphatic carbocycles. The van der Waals surface area contributed by atoms with Crippen molar-refractivity contribution in [3.63, 3.8) is 0 Å². The number of nitrogens with zero attached hydrogens (tertiary/aromatic N) is 3. The van der Waals surface area contributed by atoms with Gasteiger partial charge in [0, 0.05) is 20.1 Å². The first-order valence-electron chi connectivity index (χ1n) is 5.98. The molecular formula is C12H22N4O2. The first-order chi connectivity index (χ1) is 8.17. The van der Waals surface area contributed by atoms with E-state index in [1.807, 2.05) is 6.92 Å². The van der Waals surface area contributed by atoms with Gasteiger partial charge in [-0.15, -0.1) is 0 Å². The zero-order valence-corrected chi connectivity index (χ0v) is 11.7. The van der Waals surface area contributed by atoms with E-state index in [1.165, 1.54) is 4.90 Å². The van der Waals surface area contributed by atoms with Crippen LogP contribution < -0.4 is 5.73 Å². The third-order valence-corrected chi connectivity index (χ3v) is 2.65. The van der Waals surface area contributed by atoms with E-state index in [0.29, 0.717) is 23.6 Å². The number of aryl methyl sites for hydroxylation is 2. The van der Waals surface area contributed by atoms with Gasteiger partial charge >= 0.3 is 0 Å². The lowest BCUT2D eigenvalue weighted by atomic mass is 10.1. The normalized spacial score (nSPS) is 11.7. The van der Waals surface area contributed by atoms with Gasteiger partial charge in [0.1, 0.15) is 5.69 Å². The van der Waals surface area contributed by atoms with Crippen LogP contribution in [0.1, 0.15) is 37.0 Å². The number of nitrogens with two attached hydrogens (primary N) is 1. The monoisotopic (exact) mass is 254 g/mol. The molecule has 3 N–H and O–H groups in total. The number of amides is 1. The second-order valence-corrected chi connectivity index (χ2v) is 5.14. The minimum absolute atomic E-state index is 0.225. The number of anilines is 1. The Morgan fingerprint density at radius 2 is 2.11 bits per heavy atom. The molecular weight excluding hydrogens is 232 g/mol. The lowest BCUT2D eigenvalue weighted by Crippen LogP contribution is -2.40. The van der Waals surface area contributed by atoms with Gasteiger partial charge in [-0.05, 0) is 27.7 Å². The van der Waals surface area contributed by atoms with Crippen LogP contribution in [0.2, 0.25) is 0 Å². The van der Waals surface area contributed by atoms with Crippen molar-refractivity contribution in [2.45, 2.75) is 39.8 Å². The van der Waals surface area contributed by atoms with Crippen LogP contribution in [-0.2, 0) is 6.54 Å². The first-order valence-corrected chi connectivity index (χ1v) is 5.98. The number of aromatic nitrogens is 2. The highest BCUT2D eigenvalue weighted by molar-refractivity contribution is 5.97. The Morgan fingerprint density at radius 3 is 2.56 bits per heavy atom. The Kier molecular flexibility index (Phi) is 4.01. The van der Waals surface area contributed by atoms with Crippen LogP contribution in [0.3, 0.4) is 0 Å². The second-order valence-electron chi connectivity index (χ2n) is 5.14. The standard InChI is InChI=1S/C12H22N4O2/c1-6-16-10(9(13)8(2)14-16)11(17)15(5)7-12(3,4)18/h18H,6-7,13H2,1-5H3. The molecule has 0 saturated heterocycles. The van der Waals surface area contributed by atoms with Gasteiger partial charge in [-0.25, -0.2) is 0 Å². The predicted molar refractivity (Wildman–Crippen MR) is 70.3 cm³/mol. The van der Waals surface area contributed by atoms with Crippen LogP contribution >= 0.6 is 0 Å². The second kappa shape index (κ2) is 4.97. The summed E-state index contributed by atoms with van der Waals surface area (Å²) in [5.74, 6) is -0.225. The Morgan fingerprint density at radius 1 is 1.56 bits per heavy atom. The van der Waals surface area contributed by atoms with Crippen molar-refractivity contribution < 1.29 is 9.90 Å². The van der Waals surface area contributed by atoms with Gasteiger partial charge in [-0.1, -0.05) is 0 Å². The average Bonchev–Trinajstić information content (AvgIpc) is 2.51. The minimum Gasteiger partial charge on any atom is -0.395 e. The number of hydrogen-bond donors (Lipinski definition) is 2. The minimum atomic E-state index is -0.939. The highest BCUT2D eigenvalue weighted by Crippen LogP contribution is 2.18. The number of carbonyl (C=O) groups is 1. The maximum absolute atomic E-state index is 12.3. The number of aliphatic hydroxyl groups is 1. The van der Waals surface area contributed by atoms with E-state index >= 15 is 0 Å². The van der Waals surface area contributed by atoms with Crippen molar-refractivity contribution in [3.8, 4) is 0 Å². The number of carbonyl (C=O) groups excluding carboxylic acids is 1. The first kappa shape index (κ1) is 14.5. The molecule has 1 aromatic heterocycles. The van der Waals surface area contributed by atoms with Crippen LogP contribution in [-0.4, -0.2) is 44.9 Å². The number of hydrogen-bond acceptors (Lipinski definition) is 4. The molecule has 1 rings (SSSR count). The van der Waals surface area contributed by atoms with Gasteiger partial charge in [-0.2, -0.15) is 5.10 Å². The van der Waals surface area contributed by atoms with Crippen LogP contribution in [0.25, 0.3) is 0 Å². The molecule has 6 heteroatoms. The van der Waals surface area contributed by atoms with Gasteiger partial charge in [0.25, 0.3) is 5.91 Å². The van der Waals surface area contributed by atoms with E-state index in [1.54, 1.807) is 32.5 Å². The Bertz CT molecular complexity index is 446. The number of nitrogen functional groups attached to an aromatic ring is 1. The Balaban J connectivity index is 3.03. The van der Waals surface area contributed by atoms with E-state index in [-0.39, 0.29) is 12.5 Å². The van der Waals surface area contributed by atoms with Crippen molar-refractivity contribution in [2.75, 3.05) is 19.3 Å². The summed E-state index contributed by atoms with van der Waals surface area (Å²) in [7, 11) is 1.64. The molecule has 1 aromatic rings. The zero-order valence-electron chi connectivity index (χ0n) is 11.7. The van der Waals surface area contributed by atoms with Crippen molar-refractivity contribution in [1.82, 2.24) is 14.7 Å². The van der Waals surface area contributed by atoms with Gasteiger partial charge in [0.05, 0.1) is 17.0 Å². The lowest BCUT2D eigenvalue weighted by Gasteiger charge is -2.25. The molecule has 1 amide bonds. The molecule has 18 heavy (non-hydrogen) atoms. The smallest absolute Gasteiger partial charge is 0.274 e. The fourth-order valence-corrected chi connectivity index (χ4v) is 1.88. The maximum atomic E-state index is 12.3. The molecule has 0 atom stereocenters. The van der Waals surface area contributed by atoms with Crippen LogP contribution in [0.5, 0.6) is 0 Å². The van der Waals surface area contributed by atoms with Gasteiger partial charge in [0.15, 0.2) is 0 Å². The van der Waals surface area contributed by atoms with E-state index in [2.05, 4.69) is 5.10 Å². The van der Waals surface area contributed by atoms with Crippen LogP contribution in [0.4, 0.5) is 5.69 Å². The third kappa shape index (κ3) is 3.01. The molecule has 6 nitrogen and oxygen atoms in total. The Labute approximate surface area is 107 Å². The molecule has 0 aliphatic heterocycles. The highest BCUT2D eigenvalue weighted by atomic mass is 16.3. The van der Waals surface area contributed by atoms with Gasteiger partial charge < -0.3 is 15.7 Å². The van der Waals surface area contributed by atoms with Gasteiger partial charge in [-0.3, -0.25) is 9.48 Å². The third-order valence-electron chi connectivity index (χ3n) is 2.65. The number of rotatable bonds is 4. The molecule has 0 saturated carbocycles. The lowest BCUT2D eigenvalue weighted by molar-refractivity contribution is 0.0362. The molecule has 0 bridgehead atoms. The summed E-state index contributed by atoms with van der Waals surface area (Å²) >= 11 is 0. The maximum Gasteiger partial charge on any atom is 0.274 e. The fourth-order valence-electron chi connectivity index (χ4n) is 1.88. The molecule has 0 spiro atoms. The van der Waals surface area contributed by atoms with Crippen molar-refractivity contribution in [3.05, 3.63) is 11.4 Å². The van der Waals surface area contributed by atoms with E-state index < -0.39 is 5.60 Å². The Hall–Kier alpha value is -1.56. The summed E-state index contributed by atoms with van der Waals surface area (Å²) in [6.07, 6.45) is 0. The molecule has 0 aliphatic rings. The summed E-state index contributed by atoms with van der Waals surface area (Å²) in [6.45, 7) is 7.80. The van der Waals surface area contributed by atoms with Crippen molar-refractivity contribution in [1.29, 1.82) is 0 Å². The van der Waals surface area contributed by atoms with Crippen molar-refractivity contribution >= 4 is 11.6 Å². The zero-order chi connectivity index (χ0) is 14.1. The quantitative estimate of drug-likeness (QED) is 0.825. The summed E-state index contributed by atoms with van der Waals surface area (Å²) in [5, 5.41) is 13.9. The van der Waals surface area contributed by atoms with E-state index in [9.17, 15) is 9.90 Å². The molecule has 0 aromatic carbocycles. The van der Waals surface area contributed by atoms with Crippen LogP contribution in [0, 0.1) is 6.92 Å². The van der Waals surface area contributed by atoms with Crippen molar-refractivity contribution in [2.24, 2.45) is 0 Å². The number of likely N-dealkylation sites (N-methyl/N-ethyl adjacent to an activating group) is 1. The fraction of sp³-hybridized carbons (Fsp3) is 0.667.